The van der Waals surface area contributed by atoms with Gasteiger partial charge in [0.25, 0.3) is 0 Å². The Balaban J connectivity index is 2.25. The molecule has 2 rings (SSSR count). The largest absolute Gasteiger partial charge is 0.371 e. The highest BCUT2D eigenvalue weighted by Crippen LogP contribution is 2.58. The molecule has 0 saturated heterocycles. The molecule has 104 valence electrons. The second kappa shape index (κ2) is 4.93. The molecule has 0 aromatic carbocycles. The Kier molecular flexibility index (Phi) is 3.84. The number of hydrogen-bond donors (Lipinski definition) is 1. The average Bonchev–Trinajstić information content (AvgIpc) is 2.27. The smallest absolute Gasteiger partial charge is 0.143 e. The molecule has 18 heavy (non-hydrogen) atoms. The summed E-state index contributed by atoms with van der Waals surface area (Å²) in [6.45, 7) is 7.05. The molecule has 0 unspecified atom stereocenters. The summed E-state index contributed by atoms with van der Waals surface area (Å²) in [5.74, 6) is 0.909. The highest BCUT2D eigenvalue weighted by molar-refractivity contribution is 5.83. The molecule has 2 fully saturated rings. The van der Waals surface area contributed by atoms with Crippen LogP contribution in [-0.2, 0) is 9.53 Å². The molecule has 3 nitrogen and oxygen atoms in total. The molecule has 0 bridgehead atoms. The highest BCUT2D eigenvalue weighted by Gasteiger charge is 2.54. The van der Waals surface area contributed by atoms with Crippen molar-refractivity contribution in [3.63, 3.8) is 0 Å². The molecule has 2 aliphatic carbocycles. The predicted molar refractivity (Wildman–Crippen MR) is 70.0 cm³/mol. The van der Waals surface area contributed by atoms with Crippen molar-refractivity contribution in [2.75, 3.05) is 13.4 Å². The standard InChI is InChI=1S/C15H26O3/c1-14(2)7-4-8-15(3)11(9-18-10-16)12(17)5-6-13(14)15/h11,13,16H,4-10H2,1-3H3/t11-,13-,15+/m0/s1. The molecule has 0 aromatic rings. The summed E-state index contributed by atoms with van der Waals surface area (Å²) in [5.41, 5.74) is 0.386. The lowest BCUT2D eigenvalue weighted by Crippen LogP contribution is -2.53. The first-order chi connectivity index (χ1) is 8.42. The van der Waals surface area contributed by atoms with E-state index in [4.69, 9.17) is 9.84 Å². The number of ketones is 1. The van der Waals surface area contributed by atoms with Gasteiger partial charge >= 0.3 is 0 Å². The molecule has 3 atom stereocenters. The van der Waals surface area contributed by atoms with E-state index in [9.17, 15) is 4.79 Å². The second-order valence-corrected chi connectivity index (χ2v) is 6.96. The van der Waals surface area contributed by atoms with Gasteiger partial charge in [-0.1, -0.05) is 27.2 Å². The molecule has 0 amide bonds. The van der Waals surface area contributed by atoms with E-state index in [1.165, 1.54) is 12.8 Å². The van der Waals surface area contributed by atoms with Crippen LogP contribution in [0.1, 0.15) is 52.9 Å². The van der Waals surface area contributed by atoms with Gasteiger partial charge in [0, 0.05) is 12.3 Å². The maximum Gasteiger partial charge on any atom is 0.143 e. The van der Waals surface area contributed by atoms with Crippen LogP contribution in [0.5, 0.6) is 0 Å². The third kappa shape index (κ3) is 2.23. The minimum absolute atomic E-state index is 0.0250. The number of fused-ring (bicyclic) bond motifs is 1. The summed E-state index contributed by atoms with van der Waals surface area (Å²) >= 11 is 0. The van der Waals surface area contributed by atoms with Gasteiger partial charge in [-0.3, -0.25) is 4.79 Å². The van der Waals surface area contributed by atoms with Crippen LogP contribution in [0.3, 0.4) is 0 Å². The van der Waals surface area contributed by atoms with E-state index in [1.807, 2.05) is 0 Å². The van der Waals surface area contributed by atoms with Gasteiger partial charge in [-0.25, -0.2) is 0 Å². The van der Waals surface area contributed by atoms with E-state index >= 15 is 0 Å². The molecule has 0 aromatic heterocycles. The topological polar surface area (TPSA) is 46.5 Å². The SMILES string of the molecule is CC1(C)CCC[C@]2(C)[C@@H](COCO)C(=O)CC[C@@H]12. The maximum absolute atomic E-state index is 12.2. The number of carbonyl (C=O) groups excluding carboxylic acids is 1. The number of aliphatic hydroxyl groups excluding tert-OH is 1. The minimum Gasteiger partial charge on any atom is -0.371 e. The van der Waals surface area contributed by atoms with Gasteiger partial charge < -0.3 is 9.84 Å². The van der Waals surface area contributed by atoms with Crippen LogP contribution in [0, 0.1) is 22.7 Å². The first-order valence-electron chi connectivity index (χ1n) is 7.13. The molecular weight excluding hydrogens is 228 g/mol. The third-order valence-electron chi connectivity index (χ3n) is 5.52. The monoisotopic (exact) mass is 254 g/mol. The minimum atomic E-state index is -0.284. The lowest BCUT2D eigenvalue weighted by molar-refractivity contribution is -0.152. The predicted octanol–water partition coefficient (Wildman–Crippen LogP) is 2.76. The Hall–Kier alpha value is -0.410. The van der Waals surface area contributed by atoms with E-state index in [1.54, 1.807) is 0 Å². The van der Waals surface area contributed by atoms with Gasteiger partial charge in [0.15, 0.2) is 0 Å². The summed E-state index contributed by atoms with van der Waals surface area (Å²) in [6, 6.07) is 0. The lowest BCUT2D eigenvalue weighted by atomic mass is 9.48. The van der Waals surface area contributed by atoms with Crippen molar-refractivity contribution in [3.8, 4) is 0 Å². The fourth-order valence-electron chi connectivity index (χ4n) is 4.59. The summed E-state index contributed by atoms with van der Waals surface area (Å²) in [4.78, 5) is 12.2. The molecule has 1 N–H and O–H groups in total. The Morgan fingerprint density at radius 3 is 2.72 bits per heavy atom. The first kappa shape index (κ1) is 14.0. The third-order valence-corrected chi connectivity index (χ3v) is 5.52. The van der Waals surface area contributed by atoms with Crippen LogP contribution < -0.4 is 0 Å². The van der Waals surface area contributed by atoms with Crippen LogP contribution in [0.15, 0.2) is 0 Å². The van der Waals surface area contributed by atoms with Crippen molar-refractivity contribution in [1.29, 1.82) is 0 Å². The van der Waals surface area contributed by atoms with E-state index in [2.05, 4.69) is 20.8 Å². The van der Waals surface area contributed by atoms with Crippen molar-refractivity contribution in [2.24, 2.45) is 22.7 Å². The zero-order valence-corrected chi connectivity index (χ0v) is 11.9. The van der Waals surface area contributed by atoms with Crippen LogP contribution in [0.2, 0.25) is 0 Å². The van der Waals surface area contributed by atoms with Gasteiger partial charge in [0.05, 0.1) is 6.61 Å². The lowest BCUT2D eigenvalue weighted by Gasteiger charge is -2.56. The van der Waals surface area contributed by atoms with E-state index in [-0.39, 0.29) is 18.1 Å². The number of Topliss-reactive ketones (excluding diaryl/α,β-unsaturated/α-hetero) is 1. The molecular formula is C15H26O3. The van der Waals surface area contributed by atoms with Crippen molar-refractivity contribution in [1.82, 2.24) is 0 Å². The zero-order valence-electron chi connectivity index (χ0n) is 11.9. The molecule has 0 radical (unpaired) electrons. The quantitative estimate of drug-likeness (QED) is 0.788. The van der Waals surface area contributed by atoms with E-state index in [0.29, 0.717) is 30.1 Å². The molecule has 0 aliphatic heterocycles. The van der Waals surface area contributed by atoms with E-state index < -0.39 is 0 Å². The first-order valence-corrected chi connectivity index (χ1v) is 7.13. The number of rotatable bonds is 3. The molecule has 3 heteroatoms. The average molecular weight is 254 g/mol. The van der Waals surface area contributed by atoms with Crippen molar-refractivity contribution < 1.29 is 14.6 Å². The number of aliphatic hydroxyl groups is 1. The number of carbonyl (C=O) groups is 1. The van der Waals surface area contributed by atoms with Crippen LogP contribution in [-0.4, -0.2) is 24.3 Å². The normalized spacial score (nSPS) is 39.4. The Bertz CT molecular complexity index is 324. The van der Waals surface area contributed by atoms with Gasteiger partial charge in [-0.15, -0.1) is 0 Å². The van der Waals surface area contributed by atoms with Crippen molar-refractivity contribution in [2.45, 2.75) is 52.9 Å². The van der Waals surface area contributed by atoms with Gasteiger partial charge in [-0.2, -0.15) is 0 Å². The van der Waals surface area contributed by atoms with Gasteiger partial charge in [0.2, 0.25) is 0 Å². The molecule has 0 spiro atoms. The summed E-state index contributed by atoms with van der Waals surface area (Å²) in [7, 11) is 0. The van der Waals surface area contributed by atoms with Gasteiger partial charge in [-0.05, 0) is 36.0 Å². The Morgan fingerprint density at radius 2 is 2.06 bits per heavy atom. The van der Waals surface area contributed by atoms with Gasteiger partial charge in [0.1, 0.15) is 12.6 Å². The second-order valence-electron chi connectivity index (χ2n) is 6.96. The molecule has 2 aliphatic rings. The Morgan fingerprint density at radius 1 is 1.33 bits per heavy atom. The fraction of sp³-hybridized carbons (Fsp3) is 0.933. The number of ether oxygens (including phenoxy) is 1. The summed E-state index contributed by atoms with van der Waals surface area (Å²) < 4.78 is 5.16. The number of hydrogen-bond acceptors (Lipinski definition) is 3. The summed E-state index contributed by atoms with van der Waals surface area (Å²) in [6.07, 6.45) is 5.28. The van der Waals surface area contributed by atoms with Crippen LogP contribution in [0.25, 0.3) is 0 Å². The molecule has 0 heterocycles. The Labute approximate surface area is 110 Å². The fourth-order valence-corrected chi connectivity index (χ4v) is 4.59. The van der Waals surface area contributed by atoms with Crippen LogP contribution >= 0.6 is 0 Å². The van der Waals surface area contributed by atoms with Crippen molar-refractivity contribution >= 4 is 5.78 Å². The van der Waals surface area contributed by atoms with Crippen molar-refractivity contribution in [3.05, 3.63) is 0 Å². The van der Waals surface area contributed by atoms with Crippen LogP contribution in [0.4, 0.5) is 0 Å². The maximum atomic E-state index is 12.2. The zero-order chi connectivity index (χ0) is 13.4. The molecule has 2 saturated carbocycles. The summed E-state index contributed by atoms with van der Waals surface area (Å²) in [5, 5.41) is 8.83. The highest BCUT2D eigenvalue weighted by atomic mass is 16.6. The van der Waals surface area contributed by atoms with E-state index in [0.717, 1.165) is 12.8 Å².